The van der Waals surface area contributed by atoms with Crippen LogP contribution in [0.5, 0.6) is 0 Å². The SMILES string of the molecule is CCCNC(Cc1ccccc1Cl)c1ccoc1C. The van der Waals surface area contributed by atoms with Gasteiger partial charge < -0.3 is 9.73 Å². The van der Waals surface area contributed by atoms with E-state index in [-0.39, 0.29) is 6.04 Å². The van der Waals surface area contributed by atoms with Crippen LogP contribution in [0.2, 0.25) is 5.02 Å². The van der Waals surface area contributed by atoms with E-state index in [2.05, 4.69) is 18.3 Å². The first-order chi connectivity index (χ1) is 9.22. The Hall–Kier alpha value is -1.25. The summed E-state index contributed by atoms with van der Waals surface area (Å²) in [6.07, 6.45) is 3.73. The van der Waals surface area contributed by atoms with Crippen molar-refractivity contribution >= 4 is 11.6 Å². The molecule has 0 saturated heterocycles. The maximum atomic E-state index is 6.25. The first-order valence-corrected chi connectivity index (χ1v) is 7.11. The minimum atomic E-state index is 0.249. The number of rotatable bonds is 6. The average molecular weight is 278 g/mol. The van der Waals surface area contributed by atoms with E-state index in [1.165, 1.54) is 11.1 Å². The zero-order chi connectivity index (χ0) is 13.7. The van der Waals surface area contributed by atoms with E-state index in [0.29, 0.717) is 0 Å². The molecule has 2 rings (SSSR count). The predicted octanol–water partition coefficient (Wildman–Crippen LogP) is 4.52. The van der Waals surface area contributed by atoms with Crippen LogP contribution in [0.3, 0.4) is 0 Å². The molecule has 0 aliphatic heterocycles. The Balaban J connectivity index is 2.19. The number of halogens is 1. The van der Waals surface area contributed by atoms with Gasteiger partial charge in [-0.05, 0) is 44.0 Å². The van der Waals surface area contributed by atoms with Crippen molar-refractivity contribution in [2.45, 2.75) is 32.7 Å². The van der Waals surface area contributed by atoms with Crippen molar-refractivity contribution in [3.63, 3.8) is 0 Å². The molecule has 0 bridgehead atoms. The van der Waals surface area contributed by atoms with Gasteiger partial charge >= 0.3 is 0 Å². The van der Waals surface area contributed by atoms with E-state index in [0.717, 1.165) is 30.2 Å². The lowest BCUT2D eigenvalue weighted by atomic mass is 9.99. The Labute approximate surface area is 119 Å². The second-order valence-electron chi connectivity index (χ2n) is 4.73. The molecule has 1 atom stereocenters. The van der Waals surface area contributed by atoms with E-state index in [1.807, 2.05) is 31.2 Å². The molecule has 0 amide bonds. The van der Waals surface area contributed by atoms with Crippen LogP contribution < -0.4 is 5.32 Å². The van der Waals surface area contributed by atoms with E-state index in [4.69, 9.17) is 16.0 Å². The van der Waals surface area contributed by atoms with Gasteiger partial charge in [0.2, 0.25) is 0 Å². The largest absolute Gasteiger partial charge is 0.469 e. The van der Waals surface area contributed by atoms with Crippen molar-refractivity contribution in [1.29, 1.82) is 0 Å². The molecular formula is C16H20ClNO. The lowest BCUT2D eigenvalue weighted by Crippen LogP contribution is -2.24. The highest BCUT2D eigenvalue weighted by molar-refractivity contribution is 6.31. The van der Waals surface area contributed by atoms with Crippen molar-refractivity contribution in [3.05, 3.63) is 58.5 Å². The van der Waals surface area contributed by atoms with Crippen LogP contribution in [-0.2, 0) is 6.42 Å². The highest BCUT2D eigenvalue weighted by Gasteiger charge is 2.16. The van der Waals surface area contributed by atoms with E-state index in [9.17, 15) is 0 Å². The molecule has 1 aromatic carbocycles. The number of furan rings is 1. The van der Waals surface area contributed by atoms with Gasteiger partial charge in [-0.1, -0.05) is 36.7 Å². The molecule has 2 nitrogen and oxygen atoms in total. The zero-order valence-corrected chi connectivity index (χ0v) is 12.2. The second-order valence-corrected chi connectivity index (χ2v) is 5.14. The first kappa shape index (κ1) is 14.2. The molecule has 0 saturated carbocycles. The summed E-state index contributed by atoms with van der Waals surface area (Å²) in [5.41, 5.74) is 2.38. The molecule has 0 radical (unpaired) electrons. The Morgan fingerprint density at radius 2 is 2.05 bits per heavy atom. The number of hydrogen-bond acceptors (Lipinski definition) is 2. The van der Waals surface area contributed by atoms with Gasteiger partial charge in [-0.25, -0.2) is 0 Å². The summed E-state index contributed by atoms with van der Waals surface area (Å²) in [4.78, 5) is 0. The molecule has 0 spiro atoms. The summed E-state index contributed by atoms with van der Waals surface area (Å²) >= 11 is 6.25. The molecule has 1 N–H and O–H groups in total. The van der Waals surface area contributed by atoms with Crippen LogP contribution in [0.15, 0.2) is 41.0 Å². The van der Waals surface area contributed by atoms with Crippen LogP contribution >= 0.6 is 11.6 Å². The monoisotopic (exact) mass is 277 g/mol. The fourth-order valence-corrected chi connectivity index (χ4v) is 2.46. The molecule has 0 aliphatic rings. The van der Waals surface area contributed by atoms with Gasteiger partial charge in [0.15, 0.2) is 0 Å². The summed E-state index contributed by atoms with van der Waals surface area (Å²) in [5.74, 6) is 0.973. The zero-order valence-electron chi connectivity index (χ0n) is 11.4. The third-order valence-corrected chi connectivity index (χ3v) is 3.67. The molecule has 1 unspecified atom stereocenters. The van der Waals surface area contributed by atoms with E-state index < -0.39 is 0 Å². The Morgan fingerprint density at radius 1 is 1.26 bits per heavy atom. The van der Waals surface area contributed by atoms with Gasteiger partial charge in [-0.15, -0.1) is 0 Å². The molecular weight excluding hydrogens is 258 g/mol. The van der Waals surface area contributed by atoms with Crippen molar-refractivity contribution in [1.82, 2.24) is 5.32 Å². The topological polar surface area (TPSA) is 25.2 Å². The maximum Gasteiger partial charge on any atom is 0.105 e. The Kier molecular flexibility index (Phi) is 5.06. The molecule has 1 heterocycles. The second kappa shape index (κ2) is 6.78. The van der Waals surface area contributed by atoms with Gasteiger partial charge in [-0.2, -0.15) is 0 Å². The van der Waals surface area contributed by atoms with Crippen LogP contribution in [0.25, 0.3) is 0 Å². The van der Waals surface area contributed by atoms with Crippen LogP contribution in [0, 0.1) is 6.92 Å². The Bertz CT molecular complexity index is 521. The lowest BCUT2D eigenvalue weighted by molar-refractivity contribution is 0.494. The fraction of sp³-hybridized carbons (Fsp3) is 0.375. The number of hydrogen-bond donors (Lipinski definition) is 1. The quantitative estimate of drug-likeness (QED) is 0.839. The predicted molar refractivity (Wildman–Crippen MR) is 79.6 cm³/mol. The van der Waals surface area contributed by atoms with Gasteiger partial charge in [-0.3, -0.25) is 0 Å². The molecule has 3 heteroatoms. The van der Waals surface area contributed by atoms with Crippen molar-refractivity contribution in [3.8, 4) is 0 Å². The lowest BCUT2D eigenvalue weighted by Gasteiger charge is -2.19. The van der Waals surface area contributed by atoms with E-state index in [1.54, 1.807) is 6.26 Å². The summed E-state index contributed by atoms with van der Waals surface area (Å²) in [7, 11) is 0. The fourth-order valence-electron chi connectivity index (χ4n) is 2.25. The van der Waals surface area contributed by atoms with Gasteiger partial charge in [0.1, 0.15) is 5.76 Å². The first-order valence-electron chi connectivity index (χ1n) is 6.73. The standard InChI is InChI=1S/C16H20ClNO/c1-3-9-18-16(14-8-10-19-12(14)2)11-13-6-4-5-7-15(13)17/h4-8,10,16,18H,3,9,11H2,1-2H3. The molecule has 19 heavy (non-hydrogen) atoms. The molecule has 102 valence electrons. The average Bonchev–Trinajstić information content (AvgIpc) is 2.83. The van der Waals surface area contributed by atoms with Crippen molar-refractivity contribution in [2.24, 2.45) is 0 Å². The maximum absolute atomic E-state index is 6.25. The van der Waals surface area contributed by atoms with Crippen LogP contribution in [0.1, 0.15) is 36.3 Å². The van der Waals surface area contributed by atoms with E-state index >= 15 is 0 Å². The van der Waals surface area contributed by atoms with Crippen molar-refractivity contribution < 1.29 is 4.42 Å². The third-order valence-electron chi connectivity index (χ3n) is 3.30. The smallest absolute Gasteiger partial charge is 0.105 e. The van der Waals surface area contributed by atoms with Crippen LogP contribution in [0.4, 0.5) is 0 Å². The minimum Gasteiger partial charge on any atom is -0.469 e. The van der Waals surface area contributed by atoms with Gasteiger partial charge in [0.05, 0.1) is 6.26 Å². The highest BCUT2D eigenvalue weighted by Crippen LogP contribution is 2.26. The Morgan fingerprint density at radius 3 is 2.68 bits per heavy atom. The molecule has 1 aromatic heterocycles. The third kappa shape index (κ3) is 3.62. The minimum absolute atomic E-state index is 0.249. The molecule has 0 fully saturated rings. The number of aryl methyl sites for hydroxylation is 1. The number of benzene rings is 1. The normalized spacial score (nSPS) is 12.6. The summed E-state index contributed by atoms with van der Waals surface area (Å²) in [6, 6.07) is 10.3. The summed E-state index contributed by atoms with van der Waals surface area (Å²) in [6.45, 7) is 5.16. The summed E-state index contributed by atoms with van der Waals surface area (Å²) in [5, 5.41) is 4.40. The highest BCUT2D eigenvalue weighted by atomic mass is 35.5. The van der Waals surface area contributed by atoms with Gasteiger partial charge in [0, 0.05) is 16.6 Å². The van der Waals surface area contributed by atoms with Crippen molar-refractivity contribution in [2.75, 3.05) is 6.54 Å². The van der Waals surface area contributed by atoms with Gasteiger partial charge in [0.25, 0.3) is 0 Å². The van der Waals surface area contributed by atoms with Crippen LogP contribution in [-0.4, -0.2) is 6.54 Å². The summed E-state index contributed by atoms with van der Waals surface area (Å²) < 4.78 is 5.42. The molecule has 2 aromatic rings. The number of nitrogens with one attached hydrogen (secondary N) is 1. The molecule has 0 aliphatic carbocycles.